The van der Waals surface area contributed by atoms with Gasteiger partial charge in [-0.1, -0.05) is 12.1 Å². The molecular weight excluding hydrogens is 221 g/mol. The molecule has 1 aliphatic heterocycles. The molecule has 0 aliphatic carbocycles. The molecule has 0 saturated carbocycles. The first-order valence-electron chi connectivity index (χ1n) is 5.86. The van der Waals surface area contributed by atoms with E-state index in [0.29, 0.717) is 0 Å². The number of carbonyl (C=O) groups is 1. The van der Waals surface area contributed by atoms with Gasteiger partial charge in [0.1, 0.15) is 5.82 Å². The molecule has 0 spiro atoms. The lowest BCUT2D eigenvalue weighted by Crippen LogP contribution is -2.38. The number of carboxylic acids is 1. The first-order chi connectivity index (χ1) is 8.15. The number of piperidine rings is 1. The summed E-state index contributed by atoms with van der Waals surface area (Å²) in [5.41, 5.74) is 0.974. The fourth-order valence-electron chi connectivity index (χ4n) is 2.44. The number of rotatable bonds is 3. The van der Waals surface area contributed by atoms with E-state index >= 15 is 0 Å². The molecule has 2 rings (SSSR count). The first kappa shape index (κ1) is 12.0. The molecule has 17 heavy (non-hydrogen) atoms. The molecule has 0 bridgehead atoms. The van der Waals surface area contributed by atoms with Gasteiger partial charge in [0, 0.05) is 6.04 Å². The van der Waals surface area contributed by atoms with Crippen LogP contribution < -0.4 is 5.32 Å². The molecular formula is C13H16FNO2. The van der Waals surface area contributed by atoms with Gasteiger partial charge < -0.3 is 10.4 Å². The fraction of sp³-hybridized carbons (Fsp3) is 0.462. The average Bonchev–Trinajstić information content (AvgIpc) is 2.28. The highest BCUT2D eigenvalue weighted by atomic mass is 19.1. The highest BCUT2D eigenvalue weighted by Gasteiger charge is 2.24. The summed E-state index contributed by atoms with van der Waals surface area (Å²) in [6.45, 7) is 0.791. The topological polar surface area (TPSA) is 49.3 Å². The van der Waals surface area contributed by atoms with Gasteiger partial charge in [0.15, 0.2) is 0 Å². The molecule has 0 radical (unpaired) electrons. The lowest BCUT2D eigenvalue weighted by atomic mass is 9.85. The van der Waals surface area contributed by atoms with Gasteiger partial charge in [-0.2, -0.15) is 0 Å². The largest absolute Gasteiger partial charge is 0.481 e. The Hall–Kier alpha value is -1.42. The number of halogens is 1. The smallest absolute Gasteiger partial charge is 0.304 e. The SMILES string of the molecule is O=C(O)CC1CC(c2cccc(F)c2)CCN1. The first-order valence-corrected chi connectivity index (χ1v) is 5.86. The Kier molecular flexibility index (Phi) is 3.74. The van der Waals surface area contributed by atoms with E-state index in [1.165, 1.54) is 6.07 Å². The highest BCUT2D eigenvalue weighted by molar-refractivity contribution is 5.67. The number of hydrogen-bond donors (Lipinski definition) is 2. The van der Waals surface area contributed by atoms with Gasteiger partial charge >= 0.3 is 5.97 Å². The second-order valence-electron chi connectivity index (χ2n) is 4.53. The summed E-state index contributed by atoms with van der Waals surface area (Å²) in [7, 11) is 0. The molecule has 92 valence electrons. The van der Waals surface area contributed by atoms with Gasteiger partial charge in [-0.05, 0) is 43.0 Å². The summed E-state index contributed by atoms with van der Waals surface area (Å²) < 4.78 is 13.1. The van der Waals surface area contributed by atoms with Crippen molar-refractivity contribution >= 4 is 5.97 Å². The third kappa shape index (κ3) is 3.27. The molecule has 1 aromatic carbocycles. The average molecular weight is 237 g/mol. The monoisotopic (exact) mass is 237 g/mol. The predicted octanol–water partition coefficient (Wildman–Crippen LogP) is 2.14. The van der Waals surface area contributed by atoms with Crippen molar-refractivity contribution in [1.29, 1.82) is 0 Å². The minimum atomic E-state index is -0.789. The zero-order valence-electron chi connectivity index (χ0n) is 9.53. The third-order valence-corrected chi connectivity index (χ3v) is 3.24. The van der Waals surface area contributed by atoms with Crippen LogP contribution in [0.3, 0.4) is 0 Å². The summed E-state index contributed by atoms with van der Waals surface area (Å²) >= 11 is 0. The molecule has 0 amide bonds. The number of benzene rings is 1. The van der Waals surface area contributed by atoms with E-state index in [-0.39, 0.29) is 24.2 Å². The van der Waals surface area contributed by atoms with Crippen LogP contribution in [0.25, 0.3) is 0 Å². The van der Waals surface area contributed by atoms with E-state index in [2.05, 4.69) is 5.32 Å². The normalized spacial score (nSPS) is 24.5. The van der Waals surface area contributed by atoms with Gasteiger partial charge in [0.05, 0.1) is 6.42 Å². The van der Waals surface area contributed by atoms with Gasteiger partial charge in [-0.3, -0.25) is 4.79 Å². The molecule has 2 atom stereocenters. The lowest BCUT2D eigenvalue weighted by Gasteiger charge is -2.29. The quantitative estimate of drug-likeness (QED) is 0.846. The lowest BCUT2D eigenvalue weighted by molar-refractivity contribution is -0.137. The van der Waals surface area contributed by atoms with E-state index in [9.17, 15) is 9.18 Å². The van der Waals surface area contributed by atoms with Crippen molar-refractivity contribution < 1.29 is 14.3 Å². The van der Waals surface area contributed by atoms with Gasteiger partial charge in [0.2, 0.25) is 0 Å². The summed E-state index contributed by atoms with van der Waals surface area (Å²) in [6, 6.07) is 6.60. The van der Waals surface area contributed by atoms with Crippen LogP contribution in [0.1, 0.15) is 30.7 Å². The maximum Gasteiger partial charge on any atom is 0.304 e. The van der Waals surface area contributed by atoms with Gasteiger partial charge in [-0.15, -0.1) is 0 Å². The standard InChI is InChI=1S/C13H16FNO2/c14-11-3-1-2-9(6-11)10-4-5-15-12(7-10)8-13(16)17/h1-3,6,10,12,15H,4-5,7-8H2,(H,16,17). The van der Waals surface area contributed by atoms with E-state index in [4.69, 9.17) is 5.11 Å². The molecule has 1 aliphatic rings. The Labute approximate surface area is 99.7 Å². The molecule has 3 nitrogen and oxygen atoms in total. The van der Waals surface area contributed by atoms with Crippen LogP contribution >= 0.6 is 0 Å². The van der Waals surface area contributed by atoms with Gasteiger partial charge in [-0.25, -0.2) is 4.39 Å². The maximum absolute atomic E-state index is 13.1. The summed E-state index contributed by atoms with van der Waals surface area (Å²) in [6.07, 6.45) is 1.82. The van der Waals surface area contributed by atoms with Crippen LogP contribution in [0.2, 0.25) is 0 Å². The fourth-order valence-corrected chi connectivity index (χ4v) is 2.44. The summed E-state index contributed by atoms with van der Waals surface area (Å²) in [4.78, 5) is 10.7. The second kappa shape index (κ2) is 5.27. The Bertz CT molecular complexity index is 408. The highest BCUT2D eigenvalue weighted by Crippen LogP contribution is 2.28. The van der Waals surface area contributed by atoms with Crippen molar-refractivity contribution in [1.82, 2.24) is 5.32 Å². The molecule has 1 aromatic rings. The molecule has 0 aromatic heterocycles. The van der Waals surface area contributed by atoms with Crippen LogP contribution in [0.15, 0.2) is 24.3 Å². The molecule has 1 fully saturated rings. The predicted molar refractivity (Wildman–Crippen MR) is 62.4 cm³/mol. The molecule has 4 heteroatoms. The Balaban J connectivity index is 2.04. The number of hydrogen-bond acceptors (Lipinski definition) is 2. The number of nitrogens with one attached hydrogen (secondary N) is 1. The Morgan fingerprint density at radius 2 is 2.35 bits per heavy atom. The zero-order valence-corrected chi connectivity index (χ0v) is 9.53. The van der Waals surface area contributed by atoms with Crippen molar-refractivity contribution in [2.24, 2.45) is 0 Å². The number of carboxylic acid groups (broad SMARTS) is 1. The summed E-state index contributed by atoms with van der Waals surface area (Å²) in [5.74, 6) is -0.755. The molecule has 1 heterocycles. The van der Waals surface area contributed by atoms with Crippen molar-refractivity contribution in [3.8, 4) is 0 Å². The van der Waals surface area contributed by atoms with E-state index in [1.807, 2.05) is 6.07 Å². The Morgan fingerprint density at radius 3 is 3.06 bits per heavy atom. The third-order valence-electron chi connectivity index (χ3n) is 3.24. The van der Waals surface area contributed by atoms with Crippen molar-refractivity contribution in [2.75, 3.05) is 6.54 Å². The van der Waals surface area contributed by atoms with E-state index < -0.39 is 5.97 Å². The van der Waals surface area contributed by atoms with Crippen LogP contribution in [0.5, 0.6) is 0 Å². The van der Waals surface area contributed by atoms with E-state index in [0.717, 1.165) is 24.9 Å². The molecule has 1 saturated heterocycles. The minimum absolute atomic E-state index is 0.00508. The summed E-state index contributed by atoms with van der Waals surface area (Å²) in [5, 5.41) is 12.0. The minimum Gasteiger partial charge on any atom is -0.481 e. The van der Waals surface area contributed by atoms with Crippen LogP contribution in [0.4, 0.5) is 4.39 Å². The van der Waals surface area contributed by atoms with E-state index in [1.54, 1.807) is 12.1 Å². The Morgan fingerprint density at radius 1 is 1.53 bits per heavy atom. The number of aliphatic carboxylic acids is 1. The van der Waals surface area contributed by atoms with Gasteiger partial charge in [0.25, 0.3) is 0 Å². The zero-order chi connectivity index (χ0) is 12.3. The maximum atomic E-state index is 13.1. The van der Waals surface area contributed by atoms with Crippen LogP contribution in [-0.2, 0) is 4.79 Å². The van der Waals surface area contributed by atoms with Crippen LogP contribution in [0, 0.1) is 5.82 Å². The molecule has 2 unspecified atom stereocenters. The van der Waals surface area contributed by atoms with Crippen molar-refractivity contribution in [2.45, 2.75) is 31.2 Å². The van der Waals surface area contributed by atoms with Crippen LogP contribution in [-0.4, -0.2) is 23.7 Å². The van der Waals surface area contributed by atoms with Crippen molar-refractivity contribution in [3.63, 3.8) is 0 Å². The van der Waals surface area contributed by atoms with Crippen molar-refractivity contribution in [3.05, 3.63) is 35.6 Å². The second-order valence-corrected chi connectivity index (χ2v) is 4.53. The molecule has 2 N–H and O–H groups in total.